The second kappa shape index (κ2) is 6.37. The highest BCUT2D eigenvalue weighted by Crippen LogP contribution is 2.38. The molecule has 0 aromatic heterocycles. The summed E-state index contributed by atoms with van der Waals surface area (Å²) < 4.78 is 24.7. The molecule has 5 nitrogen and oxygen atoms in total. The van der Waals surface area contributed by atoms with Gasteiger partial charge in [-0.25, -0.2) is 4.39 Å². The summed E-state index contributed by atoms with van der Waals surface area (Å²) in [5.74, 6) is 0.352. The SMILES string of the molecule is O=C(c1cccc2c1OCCO2)N1C[C@H](O)C[C@H]1c1cccc(F)c1. The third-order valence-electron chi connectivity index (χ3n) is 4.57. The zero-order chi connectivity index (χ0) is 17.4. The van der Waals surface area contributed by atoms with E-state index in [0.29, 0.717) is 42.3 Å². The van der Waals surface area contributed by atoms with Crippen LogP contribution in [0.3, 0.4) is 0 Å². The fraction of sp³-hybridized carbons (Fsp3) is 0.316. The van der Waals surface area contributed by atoms with Gasteiger partial charge in [0.15, 0.2) is 11.5 Å². The molecule has 1 amide bonds. The molecule has 1 saturated heterocycles. The van der Waals surface area contributed by atoms with Gasteiger partial charge in [-0.3, -0.25) is 4.79 Å². The van der Waals surface area contributed by atoms with E-state index in [1.54, 1.807) is 35.2 Å². The molecule has 2 aliphatic heterocycles. The zero-order valence-electron chi connectivity index (χ0n) is 13.5. The molecular weight excluding hydrogens is 325 g/mol. The molecule has 2 aliphatic rings. The van der Waals surface area contributed by atoms with E-state index in [9.17, 15) is 14.3 Å². The average molecular weight is 343 g/mol. The molecule has 0 radical (unpaired) electrons. The first kappa shape index (κ1) is 15.9. The van der Waals surface area contributed by atoms with Gasteiger partial charge in [-0.15, -0.1) is 0 Å². The molecule has 0 spiro atoms. The highest BCUT2D eigenvalue weighted by molar-refractivity contribution is 5.98. The Bertz CT molecular complexity index is 810. The van der Waals surface area contributed by atoms with Gasteiger partial charge in [-0.05, 0) is 36.2 Å². The Morgan fingerprint density at radius 3 is 2.80 bits per heavy atom. The highest BCUT2D eigenvalue weighted by atomic mass is 19.1. The number of benzene rings is 2. The maximum Gasteiger partial charge on any atom is 0.258 e. The highest BCUT2D eigenvalue weighted by Gasteiger charge is 2.37. The number of likely N-dealkylation sites (tertiary alicyclic amines) is 1. The van der Waals surface area contributed by atoms with Crippen molar-refractivity contribution in [1.82, 2.24) is 4.90 Å². The van der Waals surface area contributed by atoms with Crippen molar-refractivity contribution in [1.29, 1.82) is 0 Å². The Hall–Kier alpha value is -2.60. The number of carbonyl (C=O) groups excluding carboxylic acids is 1. The predicted molar refractivity (Wildman–Crippen MR) is 88.2 cm³/mol. The number of amides is 1. The first-order valence-electron chi connectivity index (χ1n) is 8.26. The van der Waals surface area contributed by atoms with Gasteiger partial charge >= 0.3 is 0 Å². The van der Waals surface area contributed by atoms with E-state index in [2.05, 4.69) is 0 Å². The van der Waals surface area contributed by atoms with Gasteiger partial charge in [0.2, 0.25) is 0 Å². The van der Waals surface area contributed by atoms with E-state index in [1.165, 1.54) is 12.1 Å². The summed E-state index contributed by atoms with van der Waals surface area (Å²) in [6.07, 6.45) is -0.268. The van der Waals surface area contributed by atoms with Gasteiger partial charge in [0, 0.05) is 6.54 Å². The number of halogens is 1. The summed E-state index contributed by atoms with van der Waals surface area (Å²) >= 11 is 0. The number of aliphatic hydroxyl groups is 1. The summed E-state index contributed by atoms with van der Waals surface area (Å²) in [4.78, 5) is 14.7. The van der Waals surface area contributed by atoms with Crippen molar-refractivity contribution in [2.75, 3.05) is 19.8 Å². The fourth-order valence-corrected chi connectivity index (χ4v) is 3.46. The number of para-hydroxylation sites is 1. The Morgan fingerprint density at radius 1 is 1.16 bits per heavy atom. The van der Waals surface area contributed by atoms with Crippen molar-refractivity contribution in [2.24, 2.45) is 0 Å². The van der Waals surface area contributed by atoms with E-state index in [4.69, 9.17) is 9.47 Å². The number of ether oxygens (including phenoxy) is 2. The first-order chi connectivity index (χ1) is 12.1. The molecule has 4 rings (SSSR count). The minimum atomic E-state index is -0.645. The summed E-state index contributed by atoms with van der Waals surface area (Å²) in [7, 11) is 0. The number of carbonyl (C=O) groups is 1. The summed E-state index contributed by atoms with van der Waals surface area (Å²) in [6, 6.07) is 11.0. The summed E-state index contributed by atoms with van der Waals surface area (Å²) in [5, 5.41) is 10.1. The molecule has 0 aliphatic carbocycles. The minimum Gasteiger partial charge on any atom is -0.486 e. The van der Waals surface area contributed by atoms with Crippen molar-refractivity contribution in [3.8, 4) is 11.5 Å². The molecule has 25 heavy (non-hydrogen) atoms. The number of rotatable bonds is 2. The molecule has 1 fully saturated rings. The largest absolute Gasteiger partial charge is 0.486 e. The van der Waals surface area contributed by atoms with Crippen LogP contribution in [0.25, 0.3) is 0 Å². The number of nitrogens with zero attached hydrogens (tertiary/aromatic N) is 1. The van der Waals surface area contributed by atoms with Crippen LogP contribution < -0.4 is 9.47 Å². The smallest absolute Gasteiger partial charge is 0.258 e. The van der Waals surface area contributed by atoms with E-state index < -0.39 is 6.10 Å². The maximum atomic E-state index is 13.6. The minimum absolute atomic E-state index is 0.199. The Labute approximate surface area is 144 Å². The molecule has 0 bridgehead atoms. The van der Waals surface area contributed by atoms with Crippen molar-refractivity contribution in [3.05, 3.63) is 59.4 Å². The van der Waals surface area contributed by atoms with Crippen LogP contribution in [-0.2, 0) is 0 Å². The molecule has 6 heteroatoms. The standard InChI is InChI=1S/C19H18FNO4/c20-13-4-1-3-12(9-13)16-10-14(22)11-21(16)19(23)15-5-2-6-17-18(15)25-8-7-24-17/h1-6,9,14,16,22H,7-8,10-11H2/t14-,16+/m1/s1. The van der Waals surface area contributed by atoms with E-state index in [1.807, 2.05) is 0 Å². The van der Waals surface area contributed by atoms with E-state index in [-0.39, 0.29) is 24.3 Å². The van der Waals surface area contributed by atoms with Crippen LogP contribution >= 0.6 is 0 Å². The van der Waals surface area contributed by atoms with Crippen LogP contribution in [0.5, 0.6) is 11.5 Å². The molecule has 0 saturated carbocycles. The summed E-state index contributed by atoms with van der Waals surface area (Å²) in [5.41, 5.74) is 1.07. The lowest BCUT2D eigenvalue weighted by atomic mass is 10.0. The van der Waals surface area contributed by atoms with Gasteiger partial charge in [0.1, 0.15) is 19.0 Å². The van der Waals surface area contributed by atoms with Crippen LogP contribution in [0.4, 0.5) is 4.39 Å². The number of fused-ring (bicyclic) bond motifs is 1. The first-order valence-corrected chi connectivity index (χ1v) is 8.26. The predicted octanol–water partition coefficient (Wildman–Crippen LogP) is 2.55. The Balaban J connectivity index is 1.69. The molecule has 1 N–H and O–H groups in total. The lowest BCUT2D eigenvalue weighted by Gasteiger charge is -2.27. The lowest BCUT2D eigenvalue weighted by Crippen LogP contribution is -2.32. The Kier molecular flexibility index (Phi) is 4.05. The van der Waals surface area contributed by atoms with Crippen LogP contribution in [-0.4, -0.2) is 41.8 Å². The second-order valence-electron chi connectivity index (χ2n) is 6.25. The average Bonchev–Trinajstić information content (AvgIpc) is 3.02. The number of hydrogen-bond donors (Lipinski definition) is 1. The lowest BCUT2D eigenvalue weighted by molar-refractivity contribution is 0.0705. The van der Waals surface area contributed by atoms with Gasteiger partial charge < -0.3 is 19.5 Å². The van der Waals surface area contributed by atoms with Gasteiger partial charge in [0.25, 0.3) is 5.91 Å². The van der Waals surface area contributed by atoms with Crippen LogP contribution in [0.2, 0.25) is 0 Å². The van der Waals surface area contributed by atoms with Crippen molar-refractivity contribution in [2.45, 2.75) is 18.6 Å². The van der Waals surface area contributed by atoms with Crippen molar-refractivity contribution < 1.29 is 23.8 Å². The number of aliphatic hydroxyl groups excluding tert-OH is 1. The van der Waals surface area contributed by atoms with Crippen molar-refractivity contribution in [3.63, 3.8) is 0 Å². The molecule has 0 unspecified atom stereocenters. The molecule has 2 heterocycles. The number of hydrogen-bond acceptors (Lipinski definition) is 4. The van der Waals surface area contributed by atoms with Crippen LogP contribution in [0.1, 0.15) is 28.4 Å². The Morgan fingerprint density at radius 2 is 1.96 bits per heavy atom. The van der Waals surface area contributed by atoms with Gasteiger partial charge in [-0.1, -0.05) is 18.2 Å². The quantitative estimate of drug-likeness (QED) is 0.910. The fourth-order valence-electron chi connectivity index (χ4n) is 3.46. The van der Waals surface area contributed by atoms with Gasteiger partial charge in [0.05, 0.1) is 17.7 Å². The molecule has 2 aromatic carbocycles. The third-order valence-corrected chi connectivity index (χ3v) is 4.57. The molecule has 130 valence electrons. The van der Waals surface area contributed by atoms with E-state index in [0.717, 1.165) is 0 Å². The summed E-state index contributed by atoms with van der Waals surface area (Å²) in [6.45, 7) is 1.02. The monoisotopic (exact) mass is 343 g/mol. The van der Waals surface area contributed by atoms with Gasteiger partial charge in [-0.2, -0.15) is 0 Å². The topological polar surface area (TPSA) is 59.0 Å². The number of β-amino-alcohol motifs (C(OH)–C–C–N with tert-alkyl or cyclic N) is 1. The van der Waals surface area contributed by atoms with Crippen LogP contribution in [0, 0.1) is 5.82 Å². The van der Waals surface area contributed by atoms with E-state index >= 15 is 0 Å². The second-order valence-corrected chi connectivity index (χ2v) is 6.25. The zero-order valence-corrected chi connectivity index (χ0v) is 13.5. The molecule has 2 atom stereocenters. The third kappa shape index (κ3) is 2.93. The van der Waals surface area contributed by atoms with Crippen molar-refractivity contribution >= 4 is 5.91 Å². The van der Waals surface area contributed by atoms with Crippen LogP contribution in [0.15, 0.2) is 42.5 Å². The molecule has 2 aromatic rings. The molecular formula is C19H18FNO4. The maximum absolute atomic E-state index is 13.6. The normalized spacial score (nSPS) is 22.1.